The standard InChI is InChI=1S/C16H25ClN2O2/c1-4-11-7-8-16(9-11,15(20)21)10-13-14(17)12(5-2)18-19(13)6-3/h11H,4-10H2,1-3H3,(H,20,21). The summed E-state index contributed by atoms with van der Waals surface area (Å²) in [5.74, 6) is -0.167. The van der Waals surface area contributed by atoms with Gasteiger partial charge in [-0.25, -0.2) is 0 Å². The van der Waals surface area contributed by atoms with Crippen molar-refractivity contribution in [2.75, 3.05) is 0 Å². The second-order valence-corrected chi connectivity index (χ2v) is 6.53. The highest BCUT2D eigenvalue weighted by atomic mass is 35.5. The maximum Gasteiger partial charge on any atom is 0.310 e. The van der Waals surface area contributed by atoms with Crippen molar-refractivity contribution in [3.63, 3.8) is 0 Å². The lowest BCUT2D eigenvalue weighted by molar-refractivity contribution is -0.148. The van der Waals surface area contributed by atoms with Crippen molar-refractivity contribution < 1.29 is 9.90 Å². The topological polar surface area (TPSA) is 55.1 Å². The zero-order valence-corrected chi connectivity index (χ0v) is 13.9. The van der Waals surface area contributed by atoms with Crippen molar-refractivity contribution in [1.82, 2.24) is 9.78 Å². The third-order valence-corrected chi connectivity index (χ3v) is 5.38. The number of halogens is 1. The number of nitrogens with zero attached hydrogens (tertiary/aromatic N) is 2. The molecule has 1 aromatic rings. The van der Waals surface area contributed by atoms with E-state index in [2.05, 4.69) is 12.0 Å². The average molecular weight is 313 g/mol. The van der Waals surface area contributed by atoms with Crippen LogP contribution in [-0.2, 0) is 24.2 Å². The van der Waals surface area contributed by atoms with Gasteiger partial charge < -0.3 is 5.11 Å². The summed E-state index contributed by atoms with van der Waals surface area (Å²) in [4.78, 5) is 11.9. The molecule has 1 aromatic heterocycles. The summed E-state index contributed by atoms with van der Waals surface area (Å²) in [6, 6.07) is 0. The maximum absolute atomic E-state index is 11.9. The van der Waals surface area contributed by atoms with E-state index < -0.39 is 11.4 Å². The van der Waals surface area contributed by atoms with Gasteiger partial charge in [-0.1, -0.05) is 31.9 Å². The van der Waals surface area contributed by atoms with Crippen LogP contribution in [0.2, 0.25) is 5.02 Å². The number of hydrogen-bond donors (Lipinski definition) is 1. The molecule has 5 heteroatoms. The Bertz CT molecular complexity index is 527. The Morgan fingerprint density at radius 2 is 2.19 bits per heavy atom. The average Bonchev–Trinajstić information content (AvgIpc) is 3.03. The Labute approximate surface area is 131 Å². The van der Waals surface area contributed by atoms with E-state index in [0.29, 0.717) is 17.4 Å². The SMILES string of the molecule is CCc1nn(CC)c(CC2(C(=O)O)CCC(CC)C2)c1Cl. The summed E-state index contributed by atoms with van der Waals surface area (Å²) < 4.78 is 1.88. The van der Waals surface area contributed by atoms with E-state index in [9.17, 15) is 9.90 Å². The highest BCUT2D eigenvalue weighted by Crippen LogP contribution is 2.46. The Morgan fingerprint density at radius 3 is 2.67 bits per heavy atom. The molecule has 2 rings (SSSR count). The van der Waals surface area contributed by atoms with Crippen LogP contribution < -0.4 is 0 Å². The summed E-state index contributed by atoms with van der Waals surface area (Å²) in [6.45, 7) is 6.90. The molecule has 1 heterocycles. The van der Waals surface area contributed by atoms with Gasteiger partial charge in [-0.15, -0.1) is 0 Å². The minimum absolute atomic E-state index is 0.499. The Hall–Kier alpha value is -1.03. The molecule has 0 radical (unpaired) electrons. The fourth-order valence-electron chi connectivity index (χ4n) is 3.52. The van der Waals surface area contributed by atoms with Gasteiger partial charge in [0.2, 0.25) is 0 Å². The first-order chi connectivity index (χ1) is 9.97. The van der Waals surface area contributed by atoms with Gasteiger partial charge in [0.25, 0.3) is 0 Å². The quantitative estimate of drug-likeness (QED) is 0.865. The molecule has 1 aliphatic rings. The predicted octanol–water partition coefficient (Wildman–Crippen LogP) is 3.94. The normalized spacial score (nSPS) is 25.4. The number of hydrogen-bond acceptors (Lipinski definition) is 2. The summed E-state index contributed by atoms with van der Waals surface area (Å²) in [7, 11) is 0. The fraction of sp³-hybridized carbons (Fsp3) is 0.750. The zero-order valence-electron chi connectivity index (χ0n) is 13.2. The van der Waals surface area contributed by atoms with E-state index in [1.165, 1.54) is 0 Å². The number of carboxylic acids is 1. The highest BCUT2D eigenvalue weighted by molar-refractivity contribution is 6.31. The van der Waals surface area contributed by atoms with Gasteiger partial charge in [0.15, 0.2) is 0 Å². The van der Waals surface area contributed by atoms with Crippen molar-refractivity contribution in [3.8, 4) is 0 Å². The van der Waals surface area contributed by atoms with Crippen LogP contribution >= 0.6 is 11.6 Å². The van der Waals surface area contributed by atoms with Crippen LogP contribution in [0.25, 0.3) is 0 Å². The van der Waals surface area contributed by atoms with E-state index in [4.69, 9.17) is 11.6 Å². The molecule has 21 heavy (non-hydrogen) atoms. The molecule has 4 nitrogen and oxygen atoms in total. The first-order valence-corrected chi connectivity index (χ1v) is 8.32. The molecule has 1 saturated carbocycles. The van der Waals surface area contributed by atoms with Crippen molar-refractivity contribution in [3.05, 3.63) is 16.4 Å². The van der Waals surface area contributed by atoms with Gasteiger partial charge in [0.1, 0.15) is 0 Å². The smallest absolute Gasteiger partial charge is 0.310 e. The van der Waals surface area contributed by atoms with Gasteiger partial charge in [-0.3, -0.25) is 9.48 Å². The van der Waals surface area contributed by atoms with Gasteiger partial charge in [0, 0.05) is 13.0 Å². The monoisotopic (exact) mass is 312 g/mol. The number of aromatic nitrogens is 2. The lowest BCUT2D eigenvalue weighted by Gasteiger charge is -2.25. The Balaban J connectivity index is 2.34. The van der Waals surface area contributed by atoms with Gasteiger partial charge in [-0.2, -0.15) is 5.10 Å². The summed E-state index contributed by atoms with van der Waals surface area (Å²) in [6.07, 6.45) is 4.82. The zero-order chi connectivity index (χ0) is 15.6. The summed E-state index contributed by atoms with van der Waals surface area (Å²) in [5.41, 5.74) is 1.11. The minimum atomic E-state index is -0.684. The molecule has 0 amide bonds. The summed E-state index contributed by atoms with van der Waals surface area (Å²) in [5, 5.41) is 15.0. The molecule has 118 valence electrons. The van der Waals surface area contributed by atoms with Crippen LogP contribution in [-0.4, -0.2) is 20.9 Å². The van der Waals surface area contributed by atoms with E-state index >= 15 is 0 Å². The van der Waals surface area contributed by atoms with Crippen LogP contribution in [0.15, 0.2) is 0 Å². The first kappa shape index (κ1) is 16.3. The predicted molar refractivity (Wildman–Crippen MR) is 83.7 cm³/mol. The van der Waals surface area contributed by atoms with Gasteiger partial charge in [-0.05, 0) is 38.5 Å². The molecule has 1 fully saturated rings. The van der Waals surface area contributed by atoms with Crippen molar-refractivity contribution in [1.29, 1.82) is 0 Å². The van der Waals surface area contributed by atoms with Crippen molar-refractivity contribution in [2.24, 2.45) is 11.3 Å². The number of carboxylic acid groups (broad SMARTS) is 1. The van der Waals surface area contributed by atoms with Gasteiger partial charge in [0.05, 0.1) is 21.8 Å². The molecule has 1 aliphatic carbocycles. The summed E-state index contributed by atoms with van der Waals surface area (Å²) >= 11 is 6.45. The van der Waals surface area contributed by atoms with Crippen LogP contribution in [0.1, 0.15) is 57.8 Å². The lowest BCUT2D eigenvalue weighted by atomic mass is 9.80. The molecule has 1 N–H and O–H groups in total. The maximum atomic E-state index is 11.9. The Morgan fingerprint density at radius 1 is 1.48 bits per heavy atom. The van der Waals surface area contributed by atoms with Crippen LogP contribution in [0.3, 0.4) is 0 Å². The molecule has 0 aromatic carbocycles. The second-order valence-electron chi connectivity index (χ2n) is 6.16. The minimum Gasteiger partial charge on any atom is -0.481 e. The third kappa shape index (κ3) is 2.96. The lowest BCUT2D eigenvalue weighted by Crippen LogP contribution is -2.32. The first-order valence-electron chi connectivity index (χ1n) is 7.94. The van der Waals surface area contributed by atoms with Crippen molar-refractivity contribution in [2.45, 2.75) is 65.8 Å². The third-order valence-electron chi connectivity index (χ3n) is 4.94. The number of carbonyl (C=O) groups is 1. The molecule has 2 unspecified atom stereocenters. The molecular formula is C16H25ClN2O2. The van der Waals surface area contributed by atoms with Crippen LogP contribution in [0.4, 0.5) is 0 Å². The molecule has 0 bridgehead atoms. The van der Waals surface area contributed by atoms with E-state index in [0.717, 1.165) is 50.0 Å². The number of aliphatic carboxylic acids is 1. The van der Waals surface area contributed by atoms with E-state index in [1.54, 1.807) is 0 Å². The van der Waals surface area contributed by atoms with Crippen molar-refractivity contribution >= 4 is 17.6 Å². The fourth-order valence-corrected chi connectivity index (χ4v) is 3.86. The molecule has 0 spiro atoms. The molecule has 0 saturated heterocycles. The molecule has 2 atom stereocenters. The van der Waals surface area contributed by atoms with Gasteiger partial charge >= 0.3 is 5.97 Å². The molecular weight excluding hydrogens is 288 g/mol. The second kappa shape index (κ2) is 6.39. The van der Waals surface area contributed by atoms with Crippen LogP contribution in [0.5, 0.6) is 0 Å². The Kier molecular flexibility index (Phi) is 4.97. The highest BCUT2D eigenvalue weighted by Gasteiger charge is 2.46. The van der Waals surface area contributed by atoms with E-state index in [1.807, 2.05) is 18.5 Å². The number of rotatable bonds is 6. The molecule has 0 aliphatic heterocycles. The van der Waals surface area contributed by atoms with E-state index in [-0.39, 0.29) is 0 Å². The number of aryl methyl sites for hydroxylation is 2. The largest absolute Gasteiger partial charge is 0.481 e. The van der Waals surface area contributed by atoms with Crippen LogP contribution in [0, 0.1) is 11.3 Å².